The van der Waals surface area contributed by atoms with Crippen LogP contribution in [0.5, 0.6) is 0 Å². The van der Waals surface area contributed by atoms with Gasteiger partial charge in [-0.25, -0.2) is 0 Å². The molecule has 0 heterocycles. The number of carbonyl (C=O) groups is 2. The molecule has 0 fully saturated rings. The van der Waals surface area contributed by atoms with Gasteiger partial charge in [0, 0.05) is 13.5 Å². The maximum Gasteiger partial charge on any atom is 0.222 e. The minimum Gasteiger partial charge on any atom is -0.354 e. The molecule has 0 bridgehead atoms. The van der Waals surface area contributed by atoms with Crippen molar-refractivity contribution in [1.29, 1.82) is 0 Å². The van der Waals surface area contributed by atoms with Crippen LogP contribution in [-0.4, -0.2) is 37.4 Å². The monoisotopic (exact) mass is 367 g/mol. The van der Waals surface area contributed by atoms with Crippen LogP contribution in [0.1, 0.15) is 42.1 Å². The van der Waals surface area contributed by atoms with Crippen molar-refractivity contribution in [2.24, 2.45) is 0 Å². The molecule has 2 N–H and O–H groups in total. The highest BCUT2D eigenvalue weighted by Crippen LogP contribution is 2.19. The molecule has 27 heavy (non-hydrogen) atoms. The smallest absolute Gasteiger partial charge is 0.222 e. The third kappa shape index (κ3) is 6.53. The SMILES string of the molecule is CC(=O)NC(CC(=O)NCC(c1ccc(C)cc1)N(C)C)c1ccccc1. The standard InChI is InChI=1S/C22H29N3O2/c1-16-10-12-19(13-11-16)21(25(3)4)15-23-22(27)14-20(24-17(2)26)18-8-6-5-7-9-18/h5-13,20-21H,14-15H2,1-4H3,(H,23,27)(H,24,26). The second-order valence-corrected chi connectivity index (χ2v) is 7.06. The van der Waals surface area contributed by atoms with E-state index in [9.17, 15) is 9.59 Å². The van der Waals surface area contributed by atoms with Crippen LogP contribution in [0.4, 0.5) is 0 Å². The van der Waals surface area contributed by atoms with Crippen LogP contribution in [0.2, 0.25) is 0 Å². The fourth-order valence-electron chi connectivity index (χ4n) is 3.04. The average Bonchev–Trinajstić information content (AvgIpc) is 2.63. The van der Waals surface area contributed by atoms with E-state index in [0.29, 0.717) is 6.54 Å². The Kier molecular flexibility index (Phi) is 7.55. The molecule has 144 valence electrons. The predicted molar refractivity (Wildman–Crippen MR) is 108 cm³/mol. The second kappa shape index (κ2) is 9.88. The molecule has 2 amide bonds. The molecule has 0 spiro atoms. The molecular weight excluding hydrogens is 338 g/mol. The van der Waals surface area contributed by atoms with Gasteiger partial charge in [0.2, 0.25) is 11.8 Å². The molecule has 2 aromatic rings. The molecule has 2 rings (SSSR count). The topological polar surface area (TPSA) is 61.4 Å². The Bertz CT molecular complexity index is 742. The number of amides is 2. The van der Waals surface area contributed by atoms with Gasteiger partial charge in [0.1, 0.15) is 0 Å². The van der Waals surface area contributed by atoms with Gasteiger partial charge in [-0.3, -0.25) is 9.59 Å². The molecular formula is C22H29N3O2. The van der Waals surface area contributed by atoms with Crippen molar-refractivity contribution in [2.75, 3.05) is 20.6 Å². The lowest BCUT2D eigenvalue weighted by Crippen LogP contribution is -2.37. The summed E-state index contributed by atoms with van der Waals surface area (Å²) in [7, 11) is 4.00. The summed E-state index contributed by atoms with van der Waals surface area (Å²) < 4.78 is 0. The summed E-state index contributed by atoms with van der Waals surface area (Å²) in [5.41, 5.74) is 3.29. The molecule has 2 aromatic carbocycles. The molecule has 0 aliphatic rings. The van der Waals surface area contributed by atoms with E-state index in [0.717, 1.165) is 11.1 Å². The van der Waals surface area contributed by atoms with Crippen molar-refractivity contribution < 1.29 is 9.59 Å². The van der Waals surface area contributed by atoms with Gasteiger partial charge in [-0.05, 0) is 32.1 Å². The predicted octanol–water partition coefficient (Wildman–Crippen LogP) is 2.98. The van der Waals surface area contributed by atoms with Crippen molar-refractivity contribution in [3.05, 3.63) is 71.3 Å². The molecule has 5 heteroatoms. The Morgan fingerprint density at radius 3 is 2.15 bits per heavy atom. The van der Waals surface area contributed by atoms with E-state index in [1.807, 2.05) is 44.4 Å². The second-order valence-electron chi connectivity index (χ2n) is 7.06. The van der Waals surface area contributed by atoms with Crippen molar-refractivity contribution in [3.63, 3.8) is 0 Å². The van der Waals surface area contributed by atoms with E-state index in [2.05, 4.69) is 46.7 Å². The summed E-state index contributed by atoms with van der Waals surface area (Å²) in [4.78, 5) is 26.2. The maximum atomic E-state index is 12.5. The van der Waals surface area contributed by atoms with Gasteiger partial charge in [0.15, 0.2) is 0 Å². The lowest BCUT2D eigenvalue weighted by Gasteiger charge is -2.26. The summed E-state index contributed by atoms with van der Waals surface area (Å²) in [6.07, 6.45) is 0.206. The fourth-order valence-corrected chi connectivity index (χ4v) is 3.04. The van der Waals surface area contributed by atoms with Crippen LogP contribution < -0.4 is 10.6 Å². The van der Waals surface area contributed by atoms with Crippen molar-refractivity contribution in [1.82, 2.24) is 15.5 Å². The summed E-state index contributed by atoms with van der Waals surface area (Å²) >= 11 is 0. The molecule has 5 nitrogen and oxygen atoms in total. The third-order valence-corrected chi connectivity index (χ3v) is 4.55. The Morgan fingerprint density at radius 2 is 1.59 bits per heavy atom. The maximum absolute atomic E-state index is 12.5. The number of nitrogens with zero attached hydrogens (tertiary/aromatic N) is 1. The molecule has 0 aromatic heterocycles. The van der Waals surface area contributed by atoms with E-state index >= 15 is 0 Å². The van der Waals surface area contributed by atoms with Crippen LogP contribution in [0, 0.1) is 6.92 Å². The average molecular weight is 367 g/mol. The lowest BCUT2D eigenvalue weighted by atomic mass is 10.0. The first-order valence-electron chi connectivity index (χ1n) is 9.18. The fraction of sp³-hybridized carbons (Fsp3) is 0.364. The van der Waals surface area contributed by atoms with Crippen LogP contribution in [0.25, 0.3) is 0 Å². The zero-order valence-corrected chi connectivity index (χ0v) is 16.5. The first-order valence-corrected chi connectivity index (χ1v) is 9.18. The molecule has 2 atom stereocenters. The highest BCUT2D eigenvalue weighted by Gasteiger charge is 2.19. The molecule has 2 unspecified atom stereocenters. The first-order chi connectivity index (χ1) is 12.9. The molecule has 0 aliphatic carbocycles. The first kappa shape index (κ1) is 20.6. The number of benzene rings is 2. The van der Waals surface area contributed by atoms with Crippen LogP contribution in [0.3, 0.4) is 0 Å². The number of likely N-dealkylation sites (N-methyl/N-ethyl adjacent to an activating group) is 1. The van der Waals surface area contributed by atoms with Gasteiger partial charge >= 0.3 is 0 Å². The number of hydrogen-bond donors (Lipinski definition) is 2. The zero-order valence-electron chi connectivity index (χ0n) is 16.5. The Hall–Kier alpha value is -2.66. The highest BCUT2D eigenvalue weighted by atomic mass is 16.2. The minimum atomic E-state index is -0.333. The lowest BCUT2D eigenvalue weighted by molar-refractivity contribution is -0.123. The van der Waals surface area contributed by atoms with E-state index in [-0.39, 0.29) is 30.3 Å². The number of rotatable bonds is 8. The Morgan fingerprint density at radius 1 is 0.963 bits per heavy atom. The van der Waals surface area contributed by atoms with Crippen molar-refractivity contribution in [3.8, 4) is 0 Å². The molecule has 0 saturated carbocycles. The summed E-state index contributed by atoms with van der Waals surface area (Å²) in [6.45, 7) is 4.03. The molecule has 0 saturated heterocycles. The number of hydrogen-bond acceptors (Lipinski definition) is 3. The van der Waals surface area contributed by atoms with Gasteiger partial charge in [-0.15, -0.1) is 0 Å². The number of nitrogens with one attached hydrogen (secondary N) is 2. The van der Waals surface area contributed by atoms with Gasteiger partial charge in [-0.2, -0.15) is 0 Å². The van der Waals surface area contributed by atoms with E-state index in [1.54, 1.807) is 0 Å². The van der Waals surface area contributed by atoms with Gasteiger partial charge in [-0.1, -0.05) is 60.2 Å². The van der Waals surface area contributed by atoms with Gasteiger partial charge < -0.3 is 15.5 Å². The van der Waals surface area contributed by atoms with E-state index in [1.165, 1.54) is 12.5 Å². The Labute approximate surface area is 161 Å². The quantitative estimate of drug-likeness (QED) is 0.754. The normalized spacial score (nSPS) is 13.1. The number of carbonyl (C=O) groups excluding carboxylic acids is 2. The van der Waals surface area contributed by atoms with Crippen molar-refractivity contribution >= 4 is 11.8 Å². The molecule has 0 radical (unpaired) electrons. The van der Waals surface area contributed by atoms with E-state index < -0.39 is 0 Å². The minimum absolute atomic E-state index is 0.0865. The largest absolute Gasteiger partial charge is 0.354 e. The van der Waals surface area contributed by atoms with Crippen LogP contribution >= 0.6 is 0 Å². The van der Waals surface area contributed by atoms with Gasteiger partial charge in [0.05, 0.1) is 18.5 Å². The summed E-state index contributed by atoms with van der Waals surface area (Å²) in [5, 5.41) is 5.88. The number of aryl methyl sites for hydroxylation is 1. The summed E-state index contributed by atoms with van der Waals surface area (Å²) in [6, 6.07) is 17.7. The summed E-state index contributed by atoms with van der Waals surface area (Å²) in [5.74, 6) is -0.237. The van der Waals surface area contributed by atoms with Gasteiger partial charge in [0.25, 0.3) is 0 Å². The highest BCUT2D eigenvalue weighted by molar-refractivity contribution is 5.79. The zero-order chi connectivity index (χ0) is 19.8. The third-order valence-electron chi connectivity index (χ3n) is 4.55. The van der Waals surface area contributed by atoms with Crippen LogP contribution in [0.15, 0.2) is 54.6 Å². The Balaban J connectivity index is 2.01. The van der Waals surface area contributed by atoms with Crippen molar-refractivity contribution in [2.45, 2.75) is 32.4 Å². The van der Waals surface area contributed by atoms with E-state index in [4.69, 9.17) is 0 Å². The van der Waals surface area contributed by atoms with Crippen LogP contribution in [-0.2, 0) is 9.59 Å². The molecule has 0 aliphatic heterocycles.